The van der Waals surface area contributed by atoms with Crippen LogP contribution >= 0.6 is 0 Å². The fraction of sp³-hybridized carbons (Fsp3) is 0.115. The predicted octanol–water partition coefficient (Wildman–Crippen LogP) is 6.37. The number of rotatable bonds is 4. The summed E-state index contributed by atoms with van der Waals surface area (Å²) in [6.07, 6.45) is 4.15. The van der Waals surface area contributed by atoms with Gasteiger partial charge in [0.1, 0.15) is 0 Å². The third-order valence-electron chi connectivity index (χ3n) is 5.08. The zero-order valence-electron chi connectivity index (χ0n) is 16.2. The summed E-state index contributed by atoms with van der Waals surface area (Å²) in [6.45, 7) is 4.96. The van der Waals surface area contributed by atoms with Crippen LogP contribution in [0.4, 0.5) is 0 Å². The first-order valence-corrected chi connectivity index (χ1v) is 9.46. The molecule has 0 fully saturated rings. The summed E-state index contributed by atoms with van der Waals surface area (Å²) in [5.74, 6) is 0. The molecular weight excluding hydrogens is 340 g/mol. The molecule has 0 saturated heterocycles. The molecule has 0 aliphatic rings. The average Bonchev–Trinajstić information content (AvgIpc) is 3.06. The molecule has 0 unspecified atom stereocenters. The van der Waals surface area contributed by atoms with Crippen LogP contribution in [-0.4, -0.2) is 4.57 Å². The highest BCUT2D eigenvalue weighted by Gasteiger charge is 2.09. The van der Waals surface area contributed by atoms with E-state index in [0.717, 1.165) is 23.1 Å². The first kappa shape index (κ1) is 17.8. The number of hydrogen-bond acceptors (Lipinski definition) is 1. The maximum atomic E-state index is 9.73. The van der Waals surface area contributed by atoms with Crippen LogP contribution in [0, 0.1) is 25.2 Å². The van der Waals surface area contributed by atoms with Gasteiger partial charge in [0, 0.05) is 29.2 Å². The van der Waals surface area contributed by atoms with E-state index in [0.29, 0.717) is 5.57 Å². The second kappa shape index (κ2) is 7.58. The highest BCUT2D eigenvalue weighted by Crippen LogP contribution is 2.27. The molecule has 136 valence electrons. The van der Waals surface area contributed by atoms with E-state index in [9.17, 15) is 5.26 Å². The second-order valence-corrected chi connectivity index (χ2v) is 7.25. The number of allylic oxidation sites excluding steroid dienone is 1. The van der Waals surface area contributed by atoms with Crippen LogP contribution in [0.25, 0.3) is 22.6 Å². The average molecular weight is 362 g/mol. The first-order chi connectivity index (χ1) is 13.6. The number of hydrogen-bond donors (Lipinski definition) is 0. The number of aromatic nitrogens is 1. The Morgan fingerprint density at radius 2 is 1.54 bits per heavy atom. The largest absolute Gasteiger partial charge is 0.342 e. The normalized spacial score (nSPS) is 11.5. The molecule has 0 saturated carbocycles. The van der Waals surface area contributed by atoms with Crippen molar-refractivity contribution in [1.82, 2.24) is 4.57 Å². The SMILES string of the molecule is Cc1ccc(Cn2cc(/C=C(/C#N)c3ccc(C)cc3)c3ccccc32)cc1. The van der Waals surface area contributed by atoms with Crippen LogP contribution in [0.1, 0.15) is 27.8 Å². The van der Waals surface area contributed by atoms with Gasteiger partial charge in [0.05, 0.1) is 11.6 Å². The fourth-order valence-corrected chi connectivity index (χ4v) is 3.48. The van der Waals surface area contributed by atoms with Crippen molar-refractivity contribution in [1.29, 1.82) is 5.26 Å². The van der Waals surface area contributed by atoms with Gasteiger partial charge in [-0.25, -0.2) is 0 Å². The van der Waals surface area contributed by atoms with Crippen LogP contribution < -0.4 is 0 Å². The van der Waals surface area contributed by atoms with Crippen LogP contribution in [-0.2, 0) is 6.54 Å². The number of benzene rings is 3. The molecule has 0 bridgehead atoms. The van der Waals surface area contributed by atoms with Crippen molar-refractivity contribution in [3.63, 3.8) is 0 Å². The van der Waals surface area contributed by atoms with E-state index in [2.05, 4.69) is 73.1 Å². The van der Waals surface area contributed by atoms with Crippen molar-refractivity contribution < 1.29 is 0 Å². The monoisotopic (exact) mass is 362 g/mol. The highest BCUT2D eigenvalue weighted by atomic mass is 15.0. The van der Waals surface area contributed by atoms with Gasteiger partial charge in [-0.3, -0.25) is 0 Å². The Morgan fingerprint density at radius 1 is 0.893 bits per heavy atom. The maximum absolute atomic E-state index is 9.73. The predicted molar refractivity (Wildman–Crippen MR) is 117 cm³/mol. The van der Waals surface area contributed by atoms with Crippen molar-refractivity contribution in [2.75, 3.05) is 0 Å². The molecular formula is C26H22N2. The van der Waals surface area contributed by atoms with Gasteiger partial charge in [0.25, 0.3) is 0 Å². The third-order valence-corrected chi connectivity index (χ3v) is 5.08. The fourth-order valence-electron chi connectivity index (χ4n) is 3.48. The minimum absolute atomic E-state index is 0.679. The second-order valence-electron chi connectivity index (χ2n) is 7.25. The summed E-state index contributed by atoms with van der Waals surface area (Å²) < 4.78 is 2.26. The first-order valence-electron chi connectivity index (χ1n) is 9.46. The molecule has 2 heteroatoms. The molecule has 0 atom stereocenters. The molecule has 1 heterocycles. The minimum Gasteiger partial charge on any atom is -0.342 e. The molecule has 1 aromatic heterocycles. The number of para-hydroxylation sites is 1. The van der Waals surface area contributed by atoms with Crippen LogP contribution in [0.3, 0.4) is 0 Å². The Balaban J connectivity index is 1.78. The summed E-state index contributed by atoms with van der Waals surface area (Å²) in [4.78, 5) is 0. The standard InChI is InChI=1S/C26H22N2/c1-19-7-11-21(12-8-19)17-28-18-24(25-5-3-4-6-26(25)28)15-23(16-27)22-13-9-20(2)10-14-22/h3-15,18H,17H2,1-2H3/b23-15-. The molecule has 0 N–H and O–H groups in total. The molecule has 3 aromatic carbocycles. The molecule has 0 aliphatic heterocycles. The Hall–Kier alpha value is -3.57. The van der Waals surface area contributed by atoms with Crippen molar-refractivity contribution in [2.24, 2.45) is 0 Å². The van der Waals surface area contributed by atoms with E-state index in [1.54, 1.807) is 0 Å². The van der Waals surface area contributed by atoms with Gasteiger partial charge < -0.3 is 4.57 Å². The lowest BCUT2D eigenvalue weighted by molar-refractivity contribution is 0.836. The number of nitriles is 1. The van der Waals surface area contributed by atoms with Gasteiger partial charge in [0.2, 0.25) is 0 Å². The molecule has 2 nitrogen and oxygen atoms in total. The van der Waals surface area contributed by atoms with E-state index in [1.807, 2.05) is 36.4 Å². The molecule has 28 heavy (non-hydrogen) atoms. The molecule has 4 aromatic rings. The van der Waals surface area contributed by atoms with E-state index in [1.165, 1.54) is 22.2 Å². The molecule has 0 aliphatic carbocycles. The summed E-state index contributed by atoms with van der Waals surface area (Å²) in [5.41, 5.74) is 7.59. The van der Waals surface area contributed by atoms with Gasteiger partial charge in [-0.05, 0) is 37.1 Å². The summed E-state index contributed by atoms with van der Waals surface area (Å²) in [5, 5.41) is 10.9. The van der Waals surface area contributed by atoms with Crippen molar-refractivity contribution in [2.45, 2.75) is 20.4 Å². The quantitative estimate of drug-likeness (QED) is 0.388. The minimum atomic E-state index is 0.679. The number of fused-ring (bicyclic) bond motifs is 1. The van der Waals surface area contributed by atoms with Gasteiger partial charge in [-0.15, -0.1) is 0 Å². The van der Waals surface area contributed by atoms with E-state index < -0.39 is 0 Å². The zero-order chi connectivity index (χ0) is 19.5. The lowest BCUT2D eigenvalue weighted by Gasteiger charge is -2.06. The van der Waals surface area contributed by atoms with Gasteiger partial charge >= 0.3 is 0 Å². The summed E-state index contributed by atoms with van der Waals surface area (Å²) >= 11 is 0. The zero-order valence-corrected chi connectivity index (χ0v) is 16.2. The Morgan fingerprint density at radius 3 is 2.21 bits per heavy atom. The van der Waals surface area contributed by atoms with Crippen LogP contribution in [0.5, 0.6) is 0 Å². The summed E-state index contributed by atoms with van der Waals surface area (Å²) in [7, 11) is 0. The van der Waals surface area contributed by atoms with E-state index >= 15 is 0 Å². The third kappa shape index (κ3) is 3.61. The maximum Gasteiger partial charge on any atom is 0.0998 e. The molecule has 0 radical (unpaired) electrons. The van der Waals surface area contributed by atoms with Crippen molar-refractivity contribution in [3.8, 4) is 6.07 Å². The van der Waals surface area contributed by atoms with E-state index in [4.69, 9.17) is 0 Å². The molecule has 0 amide bonds. The van der Waals surface area contributed by atoms with Gasteiger partial charge in [-0.2, -0.15) is 5.26 Å². The number of aryl methyl sites for hydroxylation is 2. The van der Waals surface area contributed by atoms with Crippen LogP contribution in [0.15, 0.2) is 79.0 Å². The molecule has 4 rings (SSSR count). The van der Waals surface area contributed by atoms with Gasteiger partial charge in [0.15, 0.2) is 0 Å². The van der Waals surface area contributed by atoms with Crippen molar-refractivity contribution in [3.05, 3.63) is 107 Å². The smallest absolute Gasteiger partial charge is 0.0998 e. The molecule has 0 spiro atoms. The number of nitrogens with zero attached hydrogens (tertiary/aromatic N) is 2. The Kier molecular flexibility index (Phi) is 4.83. The van der Waals surface area contributed by atoms with Crippen molar-refractivity contribution >= 4 is 22.6 Å². The summed E-state index contributed by atoms with van der Waals surface area (Å²) in [6, 6.07) is 27.5. The lowest BCUT2D eigenvalue weighted by Crippen LogP contribution is -1.97. The van der Waals surface area contributed by atoms with Crippen LogP contribution in [0.2, 0.25) is 0 Å². The Labute approximate surface area is 166 Å². The van der Waals surface area contributed by atoms with E-state index in [-0.39, 0.29) is 0 Å². The lowest BCUT2D eigenvalue weighted by atomic mass is 10.0. The Bertz CT molecular complexity index is 1180. The topological polar surface area (TPSA) is 28.7 Å². The highest BCUT2D eigenvalue weighted by molar-refractivity contribution is 5.98. The van der Waals surface area contributed by atoms with Gasteiger partial charge in [-0.1, -0.05) is 77.9 Å².